The van der Waals surface area contributed by atoms with Gasteiger partial charge in [-0.2, -0.15) is 0 Å². The van der Waals surface area contributed by atoms with Crippen LogP contribution in [0.4, 0.5) is 0 Å². The summed E-state index contributed by atoms with van der Waals surface area (Å²) in [5, 5.41) is 92.7. The summed E-state index contributed by atoms with van der Waals surface area (Å²) in [7, 11) is 2.60. The first-order valence-corrected chi connectivity index (χ1v) is 12.1. The second kappa shape index (κ2) is 13.0. The van der Waals surface area contributed by atoms with Crippen LogP contribution in [0.2, 0.25) is 0 Å². The number of methoxy groups -OCH3 is 2. The molecule has 0 bridgehead atoms. The molecule has 3 rings (SSSR count). The van der Waals surface area contributed by atoms with Crippen molar-refractivity contribution >= 4 is 0 Å². The Labute approximate surface area is 208 Å². The molecule has 0 aromatic carbocycles. The van der Waals surface area contributed by atoms with E-state index >= 15 is 0 Å². The van der Waals surface area contributed by atoms with Crippen LogP contribution in [0.15, 0.2) is 0 Å². The van der Waals surface area contributed by atoms with Crippen molar-refractivity contribution in [1.29, 1.82) is 0 Å². The highest BCUT2D eigenvalue weighted by atomic mass is 16.7. The second-order valence-electron chi connectivity index (χ2n) is 9.74. The van der Waals surface area contributed by atoms with Crippen molar-refractivity contribution in [3.8, 4) is 0 Å². The molecule has 14 heteroatoms. The Morgan fingerprint density at radius 1 is 0.583 bits per heavy atom. The molecule has 1 saturated heterocycles. The smallest absolute Gasteiger partial charge is 0.186 e. The Hall–Kier alpha value is -0.560. The largest absolute Gasteiger partial charge is 0.396 e. The van der Waals surface area contributed by atoms with Crippen molar-refractivity contribution in [3.05, 3.63) is 0 Å². The Balaban J connectivity index is 1.72. The van der Waals surface area contributed by atoms with Gasteiger partial charge in [-0.15, -0.1) is 0 Å². The van der Waals surface area contributed by atoms with Crippen molar-refractivity contribution in [3.63, 3.8) is 0 Å². The Kier molecular flexibility index (Phi) is 10.8. The van der Waals surface area contributed by atoms with E-state index in [2.05, 4.69) is 0 Å². The van der Waals surface area contributed by atoms with Gasteiger partial charge in [-0.1, -0.05) is 0 Å². The highest BCUT2D eigenvalue weighted by Gasteiger charge is 2.52. The summed E-state index contributed by atoms with van der Waals surface area (Å²) < 4.78 is 27.2. The lowest BCUT2D eigenvalue weighted by Crippen LogP contribution is -2.64. The van der Waals surface area contributed by atoms with E-state index in [1.165, 1.54) is 14.2 Å². The van der Waals surface area contributed by atoms with E-state index in [0.29, 0.717) is 0 Å². The normalized spacial score (nSPS) is 50.2. The summed E-state index contributed by atoms with van der Waals surface area (Å²) in [5.41, 5.74) is 0. The standard InChI is InChI=1S/C22H40O14/c1-32-19-8(5-23)3-10(13(26)15(19)28)34-20-9(6-24)4-11(14(27)16(20)29)35-21-12(7-25)36-22(33-2)18(31)17(21)30/h8-31H,3-7H2,1-2H3. The van der Waals surface area contributed by atoms with Crippen molar-refractivity contribution < 1.29 is 69.6 Å². The first kappa shape index (κ1) is 30.0. The third-order valence-corrected chi connectivity index (χ3v) is 7.59. The van der Waals surface area contributed by atoms with Crippen LogP contribution in [0.25, 0.3) is 0 Å². The third-order valence-electron chi connectivity index (χ3n) is 7.59. The molecule has 1 aliphatic heterocycles. The van der Waals surface area contributed by atoms with Gasteiger partial charge in [0.2, 0.25) is 0 Å². The quantitative estimate of drug-likeness (QED) is 0.137. The average molecular weight is 529 g/mol. The zero-order chi connectivity index (χ0) is 26.7. The summed E-state index contributed by atoms with van der Waals surface area (Å²) in [4.78, 5) is 0. The predicted octanol–water partition coefficient (Wildman–Crippen LogP) is -4.94. The average Bonchev–Trinajstić information content (AvgIpc) is 2.88. The minimum Gasteiger partial charge on any atom is -0.396 e. The number of hydrogen-bond acceptors (Lipinski definition) is 14. The molecule has 0 aromatic rings. The molecule has 14 nitrogen and oxygen atoms in total. The summed E-state index contributed by atoms with van der Waals surface area (Å²) in [6.07, 6.45) is -16.8. The molecule has 15 unspecified atom stereocenters. The van der Waals surface area contributed by atoms with E-state index in [9.17, 15) is 46.0 Å². The van der Waals surface area contributed by atoms with Gasteiger partial charge >= 0.3 is 0 Å². The van der Waals surface area contributed by atoms with Crippen molar-refractivity contribution in [2.45, 2.75) is 92.4 Å². The van der Waals surface area contributed by atoms with E-state index in [-0.39, 0.29) is 19.4 Å². The van der Waals surface area contributed by atoms with Crippen LogP contribution in [0.5, 0.6) is 0 Å². The van der Waals surface area contributed by atoms with Crippen LogP contribution in [-0.4, -0.2) is 160 Å². The van der Waals surface area contributed by atoms with Crippen molar-refractivity contribution in [2.75, 3.05) is 34.0 Å². The first-order chi connectivity index (χ1) is 17.1. The summed E-state index contributed by atoms with van der Waals surface area (Å²) in [6.45, 7) is -1.43. The lowest BCUT2D eigenvalue weighted by Gasteiger charge is -2.48. The van der Waals surface area contributed by atoms with Gasteiger partial charge in [-0.05, 0) is 12.8 Å². The van der Waals surface area contributed by atoms with Crippen LogP contribution in [0.3, 0.4) is 0 Å². The van der Waals surface area contributed by atoms with Gasteiger partial charge in [0, 0.05) is 39.3 Å². The van der Waals surface area contributed by atoms with Crippen LogP contribution >= 0.6 is 0 Å². The number of ether oxygens (including phenoxy) is 5. The Morgan fingerprint density at radius 2 is 1.06 bits per heavy atom. The molecule has 3 fully saturated rings. The zero-order valence-electron chi connectivity index (χ0n) is 20.3. The molecule has 1 heterocycles. The van der Waals surface area contributed by atoms with E-state index in [1.807, 2.05) is 0 Å². The minimum absolute atomic E-state index is 0.0555. The topological polar surface area (TPSA) is 228 Å². The first-order valence-electron chi connectivity index (χ1n) is 12.1. The number of aliphatic hydroxyl groups excluding tert-OH is 9. The SMILES string of the molecule is COC1OC(CO)C(OC2CC(CO)C(OC3CC(CO)C(OC)C(O)C3O)C(O)C2O)C(O)C1O. The predicted molar refractivity (Wildman–Crippen MR) is 117 cm³/mol. The minimum atomic E-state index is -1.61. The van der Waals surface area contributed by atoms with Gasteiger partial charge in [0.25, 0.3) is 0 Å². The number of hydrogen-bond donors (Lipinski definition) is 9. The van der Waals surface area contributed by atoms with Crippen LogP contribution in [0, 0.1) is 11.8 Å². The summed E-state index contributed by atoms with van der Waals surface area (Å²) in [6, 6.07) is 0. The molecule has 0 spiro atoms. The molecule has 36 heavy (non-hydrogen) atoms. The number of rotatable bonds is 9. The molecule has 2 aliphatic carbocycles. The van der Waals surface area contributed by atoms with E-state index < -0.39 is 105 Å². The monoisotopic (exact) mass is 528 g/mol. The molecule has 0 aromatic heterocycles. The van der Waals surface area contributed by atoms with Gasteiger partial charge in [-0.3, -0.25) is 0 Å². The maximum atomic E-state index is 10.9. The van der Waals surface area contributed by atoms with Gasteiger partial charge < -0.3 is 69.6 Å². The number of aliphatic hydroxyl groups is 9. The van der Waals surface area contributed by atoms with E-state index in [4.69, 9.17) is 23.7 Å². The summed E-state index contributed by atoms with van der Waals surface area (Å²) in [5.74, 6) is -1.35. The molecule has 0 amide bonds. The van der Waals surface area contributed by atoms with E-state index in [0.717, 1.165) is 0 Å². The molecular weight excluding hydrogens is 488 g/mol. The van der Waals surface area contributed by atoms with Crippen LogP contribution < -0.4 is 0 Å². The highest BCUT2D eigenvalue weighted by Crippen LogP contribution is 2.37. The molecular formula is C22H40O14. The van der Waals surface area contributed by atoms with Gasteiger partial charge in [0.15, 0.2) is 6.29 Å². The Morgan fingerprint density at radius 3 is 1.53 bits per heavy atom. The van der Waals surface area contributed by atoms with Gasteiger partial charge in [0.05, 0.1) is 31.0 Å². The molecule has 0 radical (unpaired) electrons. The van der Waals surface area contributed by atoms with E-state index in [1.54, 1.807) is 0 Å². The Bertz CT molecular complexity index is 665. The van der Waals surface area contributed by atoms with Crippen molar-refractivity contribution in [2.24, 2.45) is 11.8 Å². The molecule has 3 aliphatic rings. The van der Waals surface area contributed by atoms with Crippen LogP contribution in [0.1, 0.15) is 12.8 Å². The second-order valence-corrected chi connectivity index (χ2v) is 9.74. The lowest BCUT2D eigenvalue weighted by molar-refractivity contribution is -0.317. The maximum Gasteiger partial charge on any atom is 0.186 e. The van der Waals surface area contributed by atoms with Gasteiger partial charge in [-0.25, -0.2) is 0 Å². The summed E-state index contributed by atoms with van der Waals surface area (Å²) >= 11 is 0. The van der Waals surface area contributed by atoms with Gasteiger partial charge in [0.1, 0.15) is 48.8 Å². The van der Waals surface area contributed by atoms with Crippen molar-refractivity contribution in [1.82, 2.24) is 0 Å². The molecule has 212 valence electrons. The lowest BCUT2D eigenvalue weighted by atomic mass is 9.78. The zero-order valence-corrected chi connectivity index (χ0v) is 20.3. The maximum absolute atomic E-state index is 10.9. The molecule has 2 saturated carbocycles. The third kappa shape index (κ3) is 5.87. The fourth-order valence-corrected chi connectivity index (χ4v) is 5.50. The fraction of sp³-hybridized carbons (Fsp3) is 1.00. The highest BCUT2D eigenvalue weighted by molar-refractivity contribution is 5.00. The fourth-order valence-electron chi connectivity index (χ4n) is 5.50. The van der Waals surface area contributed by atoms with Crippen LogP contribution in [-0.2, 0) is 23.7 Å². The molecule has 9 N–H and O–H groups in total. The molecule has 15 atom stereocenters.